The summed E-state index contributed by atoms with van der Waals surface area (Å²) in [6.45, 7) is 0.129. The number of carbonyl (C=O) groups excluding carboxylic acids is 3. The van der Waals surface area contributed by atoms with Crippen LogP contribution in [0, 0.1) is 5.82 Å². The van der Waals surface area contributed by atoms with Gasteiger partial charge in [-0.3, -0.25) is 19.3 Å². The average molecular weight is 490 g/mol. The lowest BCUT2D eigenvalue weighted by molar-refractivity contribution is -0.116. The van der Waals surface area contributed by atoms with Crippen molar-refractivity contribution in [3.63, 3.8) is 0 Å². The van der Waals surface area contributed by atoms with Crippen molar-refractivity contribution >= 4 is 45.0 Å². The van der Waals surface area contributed by atoms with Crippen molar-refractivity contribution < 1.29 is 23.5 Å². The Bertz CT molecular complexity index is 1430. The predicted octanol–water partition coefficient (Wildman–Crippen LogP) is 5.13. The third kappa shape index (κ3) is 4.26. The lowest BCUT2D eigenvalue weighted by Gasteiger charge is -2.27. The largest absolute Gasteiger partial charge is 0.494 e. The quantitative estimate of drug-likeness (QED) is 0.364. The number of aromatic nitrogens is 1. The van der Waals surface area contributed by atoms with Crippen LogP contribution in [-0.4, -0.2) is 41.3 Å². The fourth-order valence-electron chi connectivity index (χ4n) is 4.15. The number of imide groups is 1. The molecule has 5 rings (SSSR count). The van der Waals surface area contributed by atoms with Gasteiger partial charge < -0.3 is 10.1 Å². The van der Waals surface area contributed by atoms with Gasteiger partial charge in [-0.25, -0.2) is 9.37 Å². The van der Waals surface area contributed by atoms with Crippen LogP contribution >= 0.6 is 11.3 Å². The first-order valence-corrected chi connectivity index (χ1v) is 11.8. The minimum absolute atomic E-state index is 0.106. The molecular formula is C26H20FN3O4S. The minimum atomic E-state index is -0.496. The fraction of sp³-hybridized carbons (Fsp3) is 0.154. The molecule has 9 heteroatoms. The van der Waals surface area contributed by atoms with Gasteiger partial charge in [0.2, 0.25) is 5.91 Å². The molecule has 0 fully saturated rings. The summed E-state index contributed by atoms with van der Waals surface area (Å²) in [6, 6.07) is 15.3. The van der Waals surface area contributed by atoms with E-state index in [0.717, 1.165) is 5.39 Å². The first-order valence-electron chi connectivity index (χ1n) is 10.9. The van der Waals surface area contributed by atoms with E-state index in [1.54, 1.807) is 35.7 Å². The Balaban J connectivity index is 1.20. The molecular weight excluding hydrogens is 469 g/mol. The van der Waals surface area contributed by atoms with Crippen molar-refractivity contribution in [2.24, 2.45) is 0 Å². The molecule has 0 bridgehead atoms. The number of anilines is 1. The number of nitrogens with one attached hydrogen (secondary N) is 1. The van der Waals surface area contributed by atoms with Crippen molar-refractivity contribution in [2.75, 3.05) is 19.0 Å². The number of nitrogens with zero attached hydrogens (tertiary/aromatic N) is 2. The Hall–Kier alpha value is -4.11. The molecule has 3 amide bonds. The molecule has 1 N–H and O–H groups in total. The zero-order valence-corrected chi connectivity index (χ0v) is 19.5. The van der Waals surface area contributed by atoms with Crippen molar-refractivity contribution in [3.8, 4) is 17.0 Å². The lowest BCUT2D eigenvalue weighted by Crippen LogP contribution is -2.41. The molecule has 176 valence electrons. The molecule has 0 unspecified atom stereocenters. The van der Waals surface area contributed by atoms with Crippen LogP contribution in [0.15, 0.2) is 60.0 Å². The number of benzene rings is 3. The molecule has 3 aromatic carbocycles. The molecule has 0 aliphatic carbocycles. The molecule has 35 heavy (non-hydrogen) atoms. The number of ether oxygens (including phenoxy) is 1. The Morgan fingerprint density at radius 2 is 1.80 bits per heavy atom. The van der Waals surface area contributed by atoms with Crippen LogP contribution in [0.4, 0.5) is 9.52 Å². The van der Waals surface area contributed by atoms with Crippen molar-refractivity contribution in [3.05, 3.63) is 76.9 Å². The van der Waals surface area contributed by atoms with Gasteiger partial charge >= 0.3 is 0 Å². The average Bonchev–Trinajstić information content (AvgIpc) is 3.32. The predicted molar refractivity (Wildman–Crippen MR) is 131 cm³/mol. The first-order chi connectivity index (χ1) is 17.0. The van der Waals surface area contributed by atoms with Gasteiger partial charge in [-0.15, -0.1) is 11.3 Å². The Kier molecular flexibility index (Phi) is 6.00. The SMILES string of the molecule is COc1ccc(-c2csc(NC(=O)CCCN3C(=O)c4cccc5cccc(c45)C3=O)n2)cc1F. The number of hydrogen-bond donors (Lipinski definition) is 1. The van der Waals surface area contributed by atoms with Gasteiger partial charge in [-0.1, -0.05) is 24.3 Å². The third-order valence-corrected chi connectivity index (χ3v) is 6.60. The van der Waals surface area contributed by atoms with E-state index in [-0.39, 0.29) is 36.4 Å². The number of rotatable bonds is 7. The van der Waals surface area contributed by atoms with E-state index in [4.69, 9.17) is 4.74 Å². The molecule has 7 nitrogen and oxygen atoms in total. The van der Waals surface area contributed by atoms with Gasteiger partial charge in [0.25, 0.3) is 11.8 Å². The molecule has 0 saturated carbocycles. The van der Waals surface area contributed by atoms with Gasteiger partial charge in [0.05, 0.1) is 12.8 Å². The van der Waals surface area contributed by atoms with Crippen LogP contribution < -0.4 is 10.1 Å². The number of hydrogen-bond acceptors (Lipinski definition) is 6. The maximum atomic E-state index is 14.0. The van der Waals surface area contributed by atoms with Crippen LogP contribution in [-0.2, 0) is 4.79 Å². The molecule has 4 aromatic rings. The molecule has 2 heterocycles. The second kappa shape index (κ2) is 9.27. The topological polar surface area (TPSA) is 88.6 Å². The summed E-state index contributed by atoms with van der Waals surface area (Å²) >= 11 is 1.22. The Morgan fingerprint density at radius 3 is 2.46 bits per heavy atom. The molecule has 0 atom stereocenters. The van der Waals surface area contributed by atoms with Crippen LogP contribution in [0.5, 0.6) is 5.75 Å². The van der Waals surface area contributed by atoms with Gasteiger partial charge in [0.1, 0.15) is 0 Å². The van der Waals surface area contributed by atoms with Crippen LogP contribution in [0.2, 0.25) is 0 Å². The number of amides is 3. The fourth-order valence-corrected chi connectivity index (χ4v) is 4.89. The smallest absolute Gasteiger partial charge is 0.261 e. The van der Waals surface area contributed by atoms with E-state index in [2.05, 4.69) is 10.3 Å². The van der Waals surface area contributed by atoms with Gasteiger partial charge in [0, 0.05) is 40.4 Å². The van der Waals surface area contributed by atoms with Gasteiger partial charge in [0.15, 0.2) is 16.7 Å². The summed E-state index contributed by atoms with van der Waals surface area (Å²) < 4.78 is 18.9. The zero-order valence-electron chi connectivity index (χ0n) is 18.7. The van der Waals surface area contributed by atoms with Crippen molar-refractivity contribution in [2.45, 2.75) is 12.8 Å². The van der Waals surface area contributed by atoms with E-state index in [1.165, 1.54) is 35.5 Å². The summed E-state index contributed by atoms with van der Waals surface area (Å²) in [5.74, 6) is -1.34. The third-order valence-electron chi connectivity index (χ3n) is 5.84. The summed E-state index contributed by atoms with van der Waals surface area (Å²) in [5, 5.41) is 6.35. The molecule has 0 radical (unpaired) electrons. The first kappa shape index (κ1) is 22.7. The highest BCUT2D eigenvalue weighted by Crippen LogP contribution is 2.31. The molecule has 1 aromatic heterocycles. The summed E-state index contributed by atoms with van der Waals surface area (Å²) in [5.41, 5.74) is 2.08. The van der Waals surface area contributed by atoms with Crippen molar-refractivity contribution in [1.82, 2.24) is 9.88 Å². The standard InChI is InChI=1S/C26H20FN3O4S/c1-34-21-11-10-16(13-19(21)27)20-14-35-26(28-20)29-22(31)9-4-12-30-24(32)17-7-2-5-15-6-3-8-18(23(15)17)25(30)33/h2-3,5-8,10-11,13-14H,4,9,12H2,1H3,(H,28,29,31). The minimum Gasteiger partial charge on any atom is -0.494 e. The van der Waals surface area contributed by atoms with E-state index in [0.29, 0.717) is 39.3 Å². The lowest BCUT2D eigenvalue weighted by atomic mass is 9.94. The zero-order chi connectivity index (χ0) is 24.5. The van der Waals surface area contributed by atoms with E-state index < -0.39 is 5.82 Å². The number of methoxy groups -OCH3 is 1. The Labute approximate surface area is 204 Å². The van der Waals surface area contributed by atoms with E-state index in [9.17, 15) is 18.8 Å². The van der Waals surface area contributed by atoms with Crippen molar-refractivity contribution in [1.29, 1.82) is 0 Å². The van der Waals surface area contributed by atoms with Gasteiger partial charge in [-0.2, -0.15) is 0 Å². The molecule has 0 saturated heterocycles. The summed E-state index contributed by atoms with van der Waals surface area (Å²) in [4.78, 5) is 43.9. The summed E-state index contributed by atoms with van der Waals surface area (Å²) in [7, 11) is 1.39. The monoisotopic (exact) mass is 489 g/mol. The highest BCUT2D eigenvalue weighted by Gasteiger charge is 2.32. The maximum absolute atomic E-state index is 14.0. The summed E-state index contributed by atoms with van der Waals surface area (Å²) in [6.07, 6.45) is 0.415. The van der Waals surface area contributed by atoms with Crippen LogP contribution in [0.3, 0.4) is 0 Å². The second-order valence-corrected chi connectivity index (χ2v) is 8.87. The highest BCUT2D eigenvalue weighted by molar-refractivity contribution is 7.14. The van der Waals surface area contributed by atoms with Crippen LogP contribution in [0.25, 0.3) is 22.0 Å². The second-order valence-electron chi connectivity index (χ2n) is 8.01. The van der Waals surface area contributed by atoms with E-state index in [1.807, 2.05) is 12.1 Å². The van der Waals surface area contributed by atoms with E-state index >= 15 is 0 Å². The number of halogens is 1. The molecule has 0 spiro atoms. The van der Waals surface area contributed by atoms with Gasteiger partial charge in [-0.05, 0) is 42.1 Å². The van der Waals surface area contributed by atoms with Crippen LogP contribution in [0.1, 0.15) is 33.6 Å². The number of carbonyl (C=O) groups is 3. The Morgan fingerprint density at radius 1 is 1.09 bits per heavy atom. The normalized spacial score (nSPS) is 12.8. The molecule has 1 aliphatic rings. The molecule has 1 aliphatic heterocycles. The highest BCUT2D eigenvalue weighted by atomic mass is 32.1. The maximum Gasteiger partial charge on any atom is 0.261 e. The number of thiazole rings is 1.